The molecule has 0 bridgehead atoms. The molecule has 2 aromatic rings. The predicted octanol–water partition coefficient (Wildman–Crippen LogP) is 1.68. The zero-order chi connectivity index (χ0) is 11.0. The summed E-state index contributed by atoms with van der Waals surface area (Å²) >= 11 is 1.83. The van der Waals surface area contributed by atoms with E-state index in [0.717, 1.165) is 25.5 Å². The largest absolute Gasteiger partial charge is 0.384 e. The van der Waals surface area contributed by atoms with Crippen LogP contribution in [0.5, 0.6) is 0 Å². The Bertz CT molecular complexity index is 508. The molecule has 1 aliphatic rings. The monoisotopic (exact) mass is 232 g/mol. The number of aromatic nitrogens is 2. The molecular weight excluding hydrogens is 220 g/mol. The summed E-state index contributed by atoms with van der Waals surface area (Å²) in [6.45, 7) is 1.86. The highest BCUT2D eigenvalue weighted by Crippen LogP contribution is 2.26. The maximum Gasteiger partial charge on any atom is 0.227 e. The van der Waals surface area contributed by atoms with Gasteiger partial charge in [0.05, 0.1) is 0 Å². The zero-order valence-corrected chi connectivity index (χ0v) is 9.57. The van der Waals surface area contributed by atoms with E-state index in [-0.39, 0.29) is 0 Å². The highest BCUT2D eigenvalue weighted by molar-refractivity contribution is 7.10. The normalized spacial score (nSPS) is 14.9. The molecule has 5 heteroatoms. The average Bonchev–Trinajstić information content (AvgIpc) is 2.75. The van der Waals surface area contributed by atoms with Crippen molar-refractivity contribution in [3.63, 3.8) is 0 Å². The Hall–Kier alpha value is -1.62. The van der Waals surface area contributed by atoms with Crippen molar-refractivity contribution in [3.8, 4) is 0 Å². The van der Waals surface area contributed by atoms with Gasteiger partial charge in [-0.25, -0.2) is 4.98 Å². The van der Waals surface area contributed by atoms with Gasteiger partial charge in [0.1, 0.15) is 5.82 Å². The Labute approximate surface area is 97.8 Å². The summed E-state index contributed by atoms with van der Waals surface area (Å²) in [7, 11) is 0. The molecule has 4 nitrogen and oxygen atoms in total. The van der Waals surface area contributed by atoms with Crippen molar-refractivity contribution in [3.05, 3.63) is 34.2 Å². The first kappa shape index (κ1) is 9.59. The average molecular weight is 232 g/mol. The molecule has 0 aliphatic carbocycles. The molecule has 0 unspecified atom stereocenters. The number of anilines is 2. The Kier molecular flexibility index (Phi) is 2.25. The summed E-state index contributed by atoms with van der Waals surface area (Å²) in [5.74, 6) is 1.26. The van der Waals surface area contributed by atoms with Crippen LogP contribution < -0.4 is 10.6 Å². The van der Waals surface area contributed by atoms with Crippen LogP contribution in [0.4, 0.5) is 11.8 Å². The molecule has 0 aromatic carbocycles. The number of fused-ring (bicyclic) bond motifs is 1. The zero-order valence-electron chi connectivity index (χ0n) is 8.76. The summed E-state index contributed by atoms with van der Waals surface area (Å²) in [5.41, 5.74) is 7.06. The smallest absolute Gasteiger partial charge is 0.227 e. The van der Waals surface area contributed by atoms with Gasteiger partial charge in [0, 0.05) is 24.2 Å². The minimum absolute atomic E-state index is 0.529. The molecule has 16 heavy (non-hydrogen) atoms. The number of thiophene rings is 1. The lowest BCUT2D eigenvalue weighted by atomic mass is 10.1. The molecule has 0 saturated heterocycles. The Morgan fingerprint density at radius 2 is 2.31 bits per heavy atom. The van der Waals surface area contributed by atoms with Gasteiger partial charge >= 0.3 is 0 Å². The lowest BCUT2D eigenvalue weighted by molar-refractivity contribution is 0.718. The first-order valence-corrected chi connectivity index (χ1v) is 6.09. The number of hydrogen-bond acceptors (Lipinski definition) is 5. The van der Waals surface area contributed by atoms with Crippen molar-refractivity contribution in [1.29, 1.82) is 0 Å². The highest BCUT2D eigenvalue weighted by atomic mass is 32.1. The molecule has 0 saturated carbocycles. The Morgan fingerprint density at radius 3 is 3.19 bits per heavy atom. The van der Waals surface area contributed by atoms with E-state index < -0.39 is 0 Å². The van der Waals surface area contributed by atoms with E-state index in [0.29, 0.717) is 5.82 Å². The van der Waals surface area contributed by atoms with Crippen molar-refractivity contribution in [2.24, 2.45) is 0 Å². The molecule has 1 aliphatic heterocycles. The minimum atomic E-state index is 0.529. The Balaban J connectivity index is 1.88. The quantitative estimate of drug-likeness (QED) is 0.812. The van der Waals surface area contributed by atoms with Crippen molar-refractivity contribution >= 4 is 23.1 Å². The standard InChI is InChI=1S/C11H12N4S/c12-10-1-4-13-11(14-10)15-5-2-9-8(7-15)3-6-16-9/h1,3-4,6H,2,5,7H2,(H2,12,13,14). The van der Waals surface area contributed by atoms with Gasteiger partial charge in [-0.1, -0.05) is 0 Å². The molecular formula is C11H12N4S. The number of nitrogens with zero attached hydrogens (tertiary/aromatic N) is 3. The van der Waals surface area contributed by atoms with Gasteiger partial charge in [-0.2, -0.15) is 4.98 Å². The molecule has 0 spiro atoms. The van der Waals surface area contributed by atoms with Crippen molar-refractivity contribution in [2.75, 3.05) is 17.2 Å². The maximum absolute atomic E-state index is 5.66. The molecule has 3 rings (SSSR count). The minimum Gasteiger partial charge on any atom is -0.384 e. The summed E-state index contributed by atoms with van der Waals surface area (Å²) in [4.78, 5) is 12.2. The van der Waals surface area contributed by atoms with Crippen LogP contribution in [0.25, 0.3) is 0 Å². The summed E-state index contributed by atoms with van der Waals surface area (Å²) in [5, 5.41) is 2.15. The second-order valence-electron chi connectivity index (χ2n) is 3.82. The summed E-state index contributed by atoms with van der Waals surface area (Å²) < 4.78 is 0. The number of nitrogen functional groups attached to an aromatic ring is 1. The molecule has 2 N–H and O–H groups in total. The van der Waals surface area contributed by atoms with Crippen LogP contribution in [-0.2, 0) is 13.0 Å². The molecule has 0 radical (unpaired) electrons. The topological polar surface area (TPSA) is 55.0 Å². The molecule has 0 amide bonds. The second-order valence-corrected chi connectivity index (χ2v) is 4.82. The van der Waals surface area contributed by atoms with Crippen LogP contribution in [0.3, 0.4) is 0 Å². The SMILES string of the molecule is Nc1ccnc(N2CCc3sccc3C2)n1. The van der Waals surface area contributed by atoms with Gasteiger partial charge in [-0.15, -0.1) is 11.3 Å². The molecule has 0 atom stereocenters. The van der Waals surface area contributed by atoms with Crippen molar-refractivity contribution < 1.29 is 0 Å². The lowest BCUT2D eigenvalue weighted by Gasteiger charge is -2.26. The van der Waals surface area contributed by atoms with Gasteiger partial charge < -0.3 is 10.6 Å². The van der Waals surface area contributed by atoms with Gasteiger partial charge in [0.15, 0.2) is 0 Å². The van der Waals surface area contributed by atoms with Crippen LogP contribution in [0.2, 0.25) is 0 Å². The molecule has 3 heterocycles. The van der Waals surface area contributed by atoms with E-state index in [9.17, 15) is 0 Å². The number of hydrogen-bond donors (Lipinski definition) is 1. The predicted molar refractivity (Wildman–Crippen MR) is 65.5 cm³/mol. The van der Waals surface area contributed by atoms with Crippen LogP contribution in [0.1, 0.15) is 10.4 Å². The lowest BCUT2D eigenvalue weighted by Crippen LogP contribution is -2.30. The first-order chi connectivity index (χ1) is 7.83. The second kappa shape index (κ2) is 3.75. The van der Waals surface area contributed by atoms with Crippen molar-refractivity contribution in [1.82, 2.24) is 9.97 Å². The molecule has 2 aromatic heterocycles. The Morgan fingerprint density at radius 1 is 1.38 bits per heavy atom. The van der Waals surface area contributed by atoms with Crippen LogP contribution in [-0.4, -0.2) is 16.5 Å². The van der Waals surface area contributed by atoms with E-state index in [1.807, 2.05) is 11.3 Å². The van der Waals surface area contributed by atoms with E-state index in [1.165, 1.54) is 10.4 Å². The van der Waals surface area contributed by atoms with Crippen LogP contribution in [0, 0.1) is 0 Å². The van der Waals surface area contributed by atoms with Gasteiger partial charge in [-0.05, 0) is 29.5 Å². The van der Waals surface area contributed by atoms with E-state index >= 15 is 0 Å². The third kappa shape index (κ3) is 1.63. The summed E-state index contributed by atoms with van der Waals surface area (Å²) in [6.07, 6.45) is 2.78. The van der Waals surface area contributed by atoms with Crippen molar-refractivity contribution in [2.45, 2.75) is 13.0 Å². The van der Waals surface area contributed by atoms with Gasteiger partial charge in [-0.3, -0.25) is 0 Å². The molecule has 82 valence electrons. The van der Waals surface area contributed by atoms with Gasteiger partial charge in [0.2, 0.25) is 5.95 Å². The number of nitrogens with two attached hydrogens (primary N) is 1. The number of rotatable bonds is 1. The third-order valence-corrected chi connectivity index (χ3v) is 3.78. The van der Waals surface area contributed by atoms with E-state index in [4.69, 9.17) is 5.73 Å². The third-order valence-electron chi connectivity index (χ3n) is 2.75. The van der Waals surface area contributed by atoms with Crippen LogP contribution in [0.15, 0.2) is 23.7 Å². The first-order valence-electron chi connectivity index (χ1n) is 5.21. The summed E-state index contributed by atoms with van der Waals surface area (Å²) in [6, 6.07) is 3.89. The fourth-order valence-electron chi connectivity index (χ4n) is 1.93. The van der Waals surface area contributed by atoms with Crippen LogP contribution >= 0.6 is 11.3 Å². The maximum atomic E-state index is 5.66. The highest BCUT2D eigenvalue weighted by Gasteiger charge is 2.19. The van der Waals surface area contributed by atoms with E-state index in [1.54, 1.807) is 12.3 Å². The van der Waals surface area contributed by atoms with Gasteiger partial charge in [0.25, 0.3) is 0 Å². The molecule has 0 fully saturated rings. The fraction of sp³-hybridized carbons (Fsp3) is 0.273. The fourth-order valence-corrected chi connectivity index (χ4v) is 2.82. The van der Waals surface area contributed by atoms with E-state index in [2.05, 4.69) is 26.3 Å².